The molecule has 1 aromatic carbocycles. The fraction of sp³-hybridized carbons (Fsp3) is 0.0833. The van der Waals surface area contributed by atoms with E-state index in [0.717, 1.165) is 16.6 Å². The van der Waals surface area contributed by atoms with Crippen molar-refractivity contribution in [2.24, 2.45) is 0 Å². The molecular weight excluding hydrogens is 292 g/mol. The fourth-order valence-electron chi connectivity index (χ4n) is 1.66. The van der Waals surface area contributed by atoms with E-state index >= 15 is 0 Å². The van der Waals surface area contributed by atoms with E-state index in [-0.39, 0.29) is 11.5 Å². The summed E-state index contributed by atoms with van der Waals surface area (Å²) in [7, 11) is 0. The number of benzene rings is 1. The number of hydrogen-bond acceptors (Lipinski definition) is 4. The second-order valence-electron chi connectivity index (χ2n) is 3.95. The summed E-state index contributed by atoms with van der Waals surface area (Å²) in [5, 5.41) is 10.5. The monoisotopic (exact) mass is 298 g/mol. The lowest BCUT2D eigenvalue weighted by atomic mass is 10.3. The van der Waals surface area contributed by atoms with Gasteiger partial charge in [0.1, 0.15) is 0 Å². The van der Waals surface area contributed by atoms with Gasteiger partial charge in [-0.3, -0.25) is 0 Å². The van der Waals surface area contributed by atoms with Crippen molar-refractivity contribution >= 4 is 5.65 Å². The van der Waals surface area contributed by atoms with Gasteiger partial charge < -0.3 is 4.74 Å². The van der Waals surface area contributed by atoms with Crippen LogP contribution in [0, 0.1) is 11.6 Å². The fourth-order valence-corrected chi connectivity index (χ4v) is 1.66. The summed E-state index contributed by atoms with van der Waals surface area (Å²) in [5.41, 5.74) is 0.0617. The van der Waals surface area contributed by atoms with Gasteiger partial charge in [-0.25, -0.2) is 17.6 Å². The highest BCUT2D eigenvalue weighted by Gasteiger charge is 2.18. The van der Waals surface area contributed by atoms with Crippen LogP contribution in [0.1, 0.15) is 12.2 Å². The molecule has 0 spiro atoms. The molecule has 0 saturated carbocycles. The SMILES string of the molecule is Fc1cccc(F)c1Oc1ccc2nnc(C(F)F)n2n1. The molecule has 0 aliphatic carbocycles. The topological polar surface area (TPSA) is 52.3 Å². The van der Waals surface area contributed by atoms with Gasteiger partial charge in [0.2, 0.25) is 17.5 Å². The summed E-state index contributed by atoms with van der Waals surface area (Å²) < 4.78 is 58.0. The molecule has 5 nitrogen and oxygen atoms in total. The Balaban J connectivity index is 2.03. The highest BCUT2D eigenvalue weighted by molar-refractivity contribution is 5.39. The Morgan fingerprint density at radius 1 is 1.00 bits per heavy atom. The normalized spacial score (nSPS) is 11.3. The maximum absolute atomic E-state index is 13.5. The third-order valence-electron chi connectivity index (χ3n) is 2.58. The molecule has 0 atom stereocenters. The van der Waals surface area contributed by atoms with Gasteiger partial charge in [-0.15, -0.1) is 15.3 Å². The molecule has 9 heteroatoms. The summed E-state index contributed by atoms with van der Waals surface area (Å²) in [6, 6.07) is 5.70. The van der Waals surface area contributed by atoms with Crippen molar-refractivity contribution in [1.82, 2.24) is 19.8 Å². The standard InChI is InChI=1S/C12H6F4N4O/c13-6-2-1-3-7(14)10(6)21-9-5-4-8-17-18-12(11(15)16)20(8)19-9/h1-5,11H. The van der Waals surface area contributed by atoms with Crippen molar-refractivity contribution in [3.8, 4) is 11.6 Å². The van der Waals surface area contributed by atoms with E-state index in [1.165, 1.54) is 18.2 Å². The van der Waals surface area contributed by atoms with Crippen LogP contribution in [-0.2, 0) is 0 Å². The number of para-hydroxylation sites is 1. The van der Waals surface area contributed by atoms with Crippen LogP contribution >= 0.6 is 0 Å². The molecule has 0 saturated heterocycles. The Labute approximate surface area is 114 Å². The summed E-state index contributed by atoms with van der Waals surface area (Å²) in [5.74, 6) is -3.50. The first kappa shape index (κ1) is 13.3. The van der Waals surface area contributed by atoms with Gasteiger partial charge in [0.15, 0.2) is 17.3 Å². The van der Waals surface area contributed by atoms with Crippen LogP contribution in [0.25, 0.3) is 5.65 Å². The summed E-state index contributed by atoms with van der Waals surface area (Å²) in [4.78, 5) is 0. The zero-order valence-corrected chi connectivity index (χ0v) is 10.2. The van der Waals surface area contributed by atoms with Crippen LogP contribution in [0.4, 0.5) is 17.6 Å². The Morgan fingerprint density at radius 3 is 2.38 bits per heavy atom. The number of alkyl halides is 2. The number of fused-ring (bicyclic) bond motifs is 1. The zero-order valence-electron chi connectivity index (χ0n) is 10.2. The molecule has 0 bridgehead atoms. The van der Waals surface area contributed by atoms with Crippen molar-refractivity contribution < 1.29 is 22.3 Å². The van der Waals surface area contributed by atoms with Gasteiger partial charge in [0, 0.05) is 6.07 Å². The third kappa shape index (κ3) is 2.37. The summed E-state index contributed by atoms with van der Waals surface area (Å²) in [6.07, 6.45) is -2.90. The van der Waals surface area contributed by atoms with Crippen LogP contribution in [-0.4, -0.2) is 19.8 Å². The van der Waals surface area contributed by atoms with E-state index in [4.69, 9.17) is 4.74 Å². The lowest BCUT2D eigenvalue weighted by Crippen LogP contribution is -2.02. The predicted molar refractivity (Wildman–Crippen MR) is 62.2 cm³/mol. The minimum atomic E-state index is -2.90. The molecule has 0 unspecified atom stereocenters. The molecular formula is C12H6F4N4O. The summed E-state index contributed by atoms with van der Waals surface area (Å²) >= 11 is 0. The molecule has 0 aliphatic heterocycles. The van der Waals surface area contributed by atoms with E-state index in [1.54, 1.807) is 0 Å². The molecule has 2 aromatic heterocycles. The molecule has 21 heavy (non-hydrogen) atoms. The quantitative estimate of drug-likeness (QED) is 0.697. The molecule has 3 rings (SSSR count). The minimum absolute atomic E-state index is 0.0617. The molecule has 0 fully saturated rings. The maximum atomic E-state index is 13.5. The lowest BCUT2D eigenvalue weighted by Gasteiger charge is -2.07. The highest BCUT2D eigenvalue weighted by atomic mass is 19.3. The number of halogens is 4. The molecule has 108 valence electrons. The zero-order chi connectivity index (χ0) is 15.0. The van der Waals surface area contributed by atoms with Crippen LogP contribution in [0.3, 0.4) is 0 Å². The first-order valence-electron chi connectivity index (χ1n) is 5.68. The lowest BCUT2D eigenvalue weighted by molar-refractivity contribution is 0.137. The van der Waals surface area contributed by atoms with Gasteiger partial charge in [-0.05, 0) is 18.2 Å². The van der Waals surface area contributed by atoms with Crippen LogP contribution in [0.2, 0.25) is 0 Å². The van der Waals surface area contributed by atoms with E-state index in [9.17, 15) is 17.6 Å². The van der Waals surface area contributed by atoms with Crippen molar-refractivity contribution in [3.05, 3.63) is 47.8 Å². The van der Waals surface area contributed by atoms with E-state index in [0.29, 0.717) is 0 Å². The Hall–Kier alpha value is -2.71. The van der Waals surface area contributed by atoms with Crippen molar-refractivity contribution in [3.63, 3.8) is 0 Å². The minimum Gasteiger partial charge on any atom is -0.431 e. The van der Waals surface area contributed by atoms with Crippen LogP contribution < -0.4 is 4.74 Å². The van der Waals surface area contributed by atoms with Gasteiger partial charge in [0.25, 0.3) is 6.43 Å². The predicted octanol–water partition coefficient (Wildman–Crippen LogP) is 3.13. The van der Waals surface area contributed by atoms with Gasteiger partial charge >= 0.3 is 0 Å². The average Bonchev–Trinajstić information content (AvgIpc) is 2.86. The first-order chi connectivity index (χ1) is 10.1. The Bertz CT molecular complexity index is 785. The number of rotatable bonds is 3. The summed E-state index contributed by atoms with van der Waals surface area (Å²) in [6.45, 7) is 0. The van der Waals surface area contributed by atoms with Gasteiger partial charge in [-0.2, -0.15) is 4.52 Å². The smallest absolute Gasteiger partial charge is 0.299 e. The van der Waals surface area contributed by atoms with E-state index in [1.807, 2.05) is 0 Å². The number of aromatic nitrogens is 4. The number of ether oxygens (including phenoxy) is 1. The average molecular weight is 298 g/mol. The van der Waals surface area contributed by atoms with Gasteiger partial charge in [0.05, 0.1) is 0 Å². The van der Waals surface area contributed by atoms with Crippen molar-refractivity contribution in [2.75, 3.05) is 0 Å². The van der Waals surface area contributed by atoms with Crippen LogP contribution in [0.15, 0.2) is 30.3 Å². The maximum Gasteiger partial charge on any atom is 0.299 e. The molecule has 0 radical (unpaired) electrons. The van der Waals surface area contributed by atoms with Crippen molar-refractivity contribution in [2.45, 2.75) is 6.43 Å². The molecule has 2 heterocycles. The largest absolute Gasteiger partial charge is 0.431 e. The first-order valence-corrected chi connectivity index (χ1v) is 5.68. The van der Waals surface area contributed by atoms with Gasteiger partial charge in [-0.1, -0.05) is 6.07 Å². The molecule has 0 amide bonds. The van der Waals surface area contributed by atoms with E-state index < -0.39 is 29.6 Å². The third-order valence-corrected chi connectivity index (χ3v) is 2.58. The van der Waals surface area contributed by atoms with Crippen molar-refractivity contribution in [1.29, 1.82) is 0 Å². The Morgan fingerprint density at radius 2 is 1.71 bits per heavy atom. The second kappa shape index (κ2) is 5.00. The Kier molecular flexibility index (Phi) is 3.16. The molecule has 0 N–H and O–H groups in total. The second-order valence-corrected chi connectivity index (χ2v) is 3.95. The molecule has 3 aromatic rings. The number of nitrogens with zero attached hydrogens (tertiary/aromatic N) is 4. The van der Waals surface area contributed by atoms with Crippen LogP contribution in [0.5, 0.6) is 11.6 Å². The highest BCUT2D eigenvalue weighted by Crippen LogP contribution is 2.26. The van der Waals surface area contributed by atoms with E-state index in [2.05, 4.69) is 15.3 Å². The number of hydrogen-bond donors (Lipinski definition) is 0. The molecule has 0 aliphatic rings.